The van der Waals surface area contributed by atoms with Gasteiger partial charge in [0.1, 0.15) is 5.15 Å². The highest BCUT2D eigenvalue weighted by atomic mass is 35.5. The molecule has 0 radical (unpaired) electrons. The van der Waals surface area contributed by atoms with E-state index in [1.165, 1.54) is 6.42 Å². The molecule has 23 heavy (non-hydrogen) atoms. The van der Waals surface area contributed by atoms with Crippen LogP contribution in [-0.4, -0.2) is 53.2 Å². The molecule has 2 heterocycles. The van der Waals surface area contributed by atoms with Crippen molar-refractivity contribution in [1.82, 2.24) is 15.2 Å². The Kier molecular flexibility index (Phi) is 6.81. The second kappa shape index (κ2) is 8.62. The lowest BCUT2D eigenvalue weighted by Crippen LogP contribution is -2.33. The third-order valence-electron chi connectivity index (χ3n) is 4.40. The number of unbranched alkanes of at least 4 members (excludes halogenated alkanes) is 1. The van der Waals surface area contributed by atoms with Gasteiger partial charge in [0, 0.05) is 18.3 Å². The van der Waals surface area contributed by atoms with E-state index in [4.69, 9.17) is 11.6 Å². The Balaban J connectivity index is 1.73. The molecular weight excluding hydrogens is 314 g/mol. The van der Waals surface area contributed by atoms with Gasteiger partial charge >= 0.3 is 0 Å². The highest BCUT2D eigenvalue weighted by Gasteiger charge is 2.22. The molecule has 1 unspecified atom stereocenters. The van der Waals surface area contributed by atoms with Gasteiger partial charge in [-0.25, -0.2) is 4.98 Å². The van der Waals surface area contributed by atoms with E-state index in [0.29, 0.717) is 18.2 Å². The molecule has 0 aromatic carbocycles. The Morgan fingerprint density at radius 2 is 2.26 bits per heavy atom. The smallest absolute Gasteiger partial charge is 0.254 e. The first-order valence-electron chi connectivity index (χ1n) is 8.29. The summed E-state index contributed by atoms with van der Waals surface area (Å²) in [6.07, 6.45) is 4.18. The maximum atomic E-state index is 12.2. The number of pyridine rings is 1. The summed E-state index contributed by atoms with van der Waals surface area (Å²) in [4.78, 5) is 18.7. The summed E-state index contributed by atoms with van der Waals surface area (Å²) in [5.41, 5.74) is 2.13. The summed E-state index contributed by atoms with van der Waals surface area (Å²) >= 11 is 6.09. The Labute approximate surface area is 143 Å². The van der Waals surface area contributed by atoms with Gasteiger partial charge in [0.15, 0.2) is 0 Å². The normalized spacial score (nSPS) is 18.3. The number of aliphatic hydroxyl groups is 1. The molecule has 128 valence electrons. The van der Waals surface area contributed by atoms with Crippen molar-refractivity contribution in [3.63, 3.8) is 0 Å². The molecule has 1 aliphatic rings. The van der Waals surface area contributed by atoms with Crippen molar-refractivity contribution in [3.8, 4) is 0 Å². The molecule has 1 fully saturated rings. The number of aromatic nitrogens is 1. The zero-order valence-corrected chi connectivity index (χ0v) is 14.7. The maximum Gasteiger partial charge on any atom is 0.254 e. The SMILES string of the molecule is Cc1cc(C)c(C(=O)NCCCCN2CCCC2CO)c(Cl)n1. The average Bonchev–Trinajstić information content (AvgIpc) is 2.93. The van der Waals surface area contributed by atoms with E-state index in [-0.39, 0.29) is 17.7 Å². The molecule has 1 atom stereocenters. The minimum absolute atomic E-state index is 0.158. The lowest BCUT2D eigenvalue weighted by molar-refractivity contribution is 0.0951. The molecule has 0 spiro atoms. The van der Waals surface area contributed by atoms with Gasteiger partial charge in [-0.2, -0.15) is 0 Å². The monoisotopic (exact) mass is 339 g/mol. The van der Waals surface area contributed by atoms with Crippen LogP contribution in [0.5, 0.6) is 0 Å². The molecule has 1 aromatic rings. The fourth-order valence-electron chi connectivity index (χ4n) is 3.19. The second-order valence-electron chi connectivity index (χ2n) is 6.22. The zero-order valence-electron chi connectivity index (χ0n) is 13.9. The van der Waals surface area contributed by atoms with Crippen molar-refractivity contribution >= 4 is 17.5 Å². The summed E-state index contributed by atoms with van der Waals surface area (Å²) in [5, 5.41) is 12.5. The molecule has 0 aliphatic carbocycles. The Morgan fingerprint density at radius 1 is 1.48 bits per heavy atom. The molecule has 1 saturated heterocycles. The highest BCUT2D eigenvalue weighted by Crippen LogP contribution is 2.19. The van der Waals surface area contributed by atoms with Crippen LogP contribution in [0.15, 0.2) is 6.07 Å². The van der Waals surface area contributed by atoms with E-state index in [1.807, 2.05) is 19.9 Å². The first kappa shape index (κ1) is 18.2. The van der Waals surface area contributed by atoms with Crippen LogP contribution in [0.3, 0.4) is 0 Å². The first-order chi connectivity index (χ1) is 11.0. The van der Waals surface area contributed by atoms with Crippen LogP contribution in [0.4, 0.5) is 0 Å². The molecule has 5 nitrogen and oxygen atoms in total. The van der Waals surface area contributed by atoms with Gasteiger partial charge < -0.3 is 10.4 Å². The molecular formula is C17H26ClN3O2. The van der Waals surface area contributed by atoms with Crippen LogP contribution in [0.2, 0.25) is 5.15 Å². The predicted molar refractivity (Wildman–Crippen MR) is 92.0 cm³/mol. The third-order valence-corrected chi connectivity index (χ3v) is 4.67. The summed E-state index contributed by atoms with van der Waals surface area (Å²) in [6, 6.07) is 2.19. The van der Waals surface area contributed by atoms with Gasteiger partial charge in [0.25, 0.3) is 5.91 Å². The average molecular weight is 340 g/mol. The van der Waals surface area contributed by atoms with Gasteiger partial charge in [-0.1, -0.05) is 11.6 Å². The van der Waals surface area contributed by atoms with E-state index >= 15 is 0 Å². The number of hydrogen-bond donors (Lipinski definition) is 2. The summed E-state index contributed by atoms with van der Waals surface area (Å²) < 4.78 is 0. The Bertz CT molecular complexity index is 528. The Hall–Kier alpha value is -1.17. The van der Waals surface area contributed by atoms with Crippen LogP contribution >= 0.6 is 11.6 Å². The number of aryl methyl sites for hydroxylation is 2. The van der Waals surface area contributed by atoms with Crippen LogP contribution in [0, 0.1) is 13.8 Å². The van der Waals surface area contributed by atoms with Crippen LogP contribution in [0.25, 0.3) is 0 Å². The number of likely N-dealkylation sites (tertiary alicyclic amines) is 1. The Morgan fingerprint density at radius 3 is 2.96 bits per heavy atom. The van der Waals surface area contributed by atoms with E-state index in [1.54, 1.807) is 0 Å². The van der Waals surface area contributed by atoms with Gasteiger partial charge in [0.05, 0.1) is 12.2 Å². The fourth-order valence-corrected chi connectivity index (χ4v) is 3.56. The quantitative estimate of drug-likeness (QED) is 0.591. The number of rotatable bonds is 7. The van der Waals surface area contributed by atoms with Crippen LogP contribution < -0.4 is 5.32 Å². The number of amides is 1. The fraction of sp³-hybridized carbons (Fsp3) is 0.647. The van der Waals surface area contributed by atoms with Crippen molar-refractivity contribution in [2.24, 2.45) is 0 Å². The molecule has 1 aromatic heterocycles. The largest absolute Gasteiger partial charge is 0.395 e. The molecule has 2 N–H and O–H groups in total. The summed E-state index contributed by atoms with van der Waals surface area (Å²) in [7, 11) is 0. The van der Waals surface area contributed by atoms with Crippen molar-refractivity contribution in [2.45, 2.75) is 45.6 Å². The highest BCUT2D eigenvalue weighted by molar-refractivity contribution is 6.32. The van der Waals surface area contributed by atoms with Gasteiger partial charge in [-0.3, -0.25) is 9.69 Å². The van der Waals surface area contributed by atoms with Gasteiger partial charge in [-0.15, -0.1) is 0 Å². The number of hydrogen-bond acceptors (Lipinski definition) is 4. The van der Waals surface area contributed by atoms with E-state index in [2.05, 4.69) is 15.2 Å². The van der Waals surface area contributed by atoms with E-state index in [0.717, 1.165) is 43.6 Å². The van der Waals surface area contributed by atoms with Crippen LogP contribution in [0.1, 0.15) is 47.3 Å². The molecule has 1 amide bonds. The third kappa shape index (κ3) is 4.90. The molecule has 6 heteroatoms. The maximum absolute atomic E-state index is 12.2. The summed E-state index contributed by atoms with van der Waals surface area (Å²) in [5.74, 6) is -0.158. The number of carbonyl (C=O) groups excluding carboxylic acids is 1. The number of halogens is 1. The molecule has 1 aliphatic heterocycles. The standard InChI is InChI=1S/C17H26ClN3O2/c1-12-10-13(2)20-16(18)15(12)17(23)19-7-3-4-8-21-9-5-6-14(21)11-22/h10,14,22H,3-9,11H2,1-2H3,(H,19,23). The number of nitrogens with one attached hydrogen (secondary N) is 1. The number of carbonyl (C=O) groups is 1. The number of nitrogens with zero attached hydrogens (tertiary/aromatic N) is 2. The lowest BCUT2D eigenvalue weighted by atomic mass is 10.1. The molecule has 2 rings (SSSR count). The molecule has 0 bridgehead atoms. The van der Waals surface area contributed by atoms with Crippen molar-refractivity contribution in [1.29, 1.82) is 0 Å². The van der Waals surface area contributed by atoms with E-state index in [9.17, 15) is 9.90 Å². The minimum Gasteiger partial charge on any atom is -0.395 e. The molecule has 0 saturated carbocycles. The van der Waals surface area contributed by atoms with E-state index < -0.39 is 0 Å². The van der Waals surface area contributed by atoms with Crippen LogP contribution in [-0.2, 0) is 0 Å². The van der Waals surface area contributed by atoms with Gasteiger partial charge in [0.2, 0.25) is 0 Å². The zero-order chi connectivity index (χ0) is 16.8. The predicted octanol–water partition coefficient (Wildman–Crippen LogP) is 2.32. The van der Waals surface area contributed by atoms with Gasteiger partial charge in [-0.05, 0) is 64.3 Å². The topological polar surface area (TPSA) is 65.5 Å². The first-order valence-corrected chi connectivity index (χ1v) is 8.67. The number of aliphatic hydroxyl groups excluding tert-OH is 1. The van der Waals surface area contributed by atoms with Crippen molar-refractivity contribution in [3.05, 3.63) is 28.0 Å². The lowest BCUT2D eigenvalue weighted by Gasteiger charge is -2.22. The summed E-state index contributed by atoms with van der Waals surface area (Å²) in [6.45, 7) is 6.65. The van der Waals surface area contributed by atoms with Crippen molar-refractivity contribution < 1.29 is 9.90 Å². The van der Waals surface area contributed by atoms with Crippen molar-refractivity contribution in [2.75, 3.05) is 26.2 Å². The minimum atomic E-state index is -0.158. The second-order valence-corrected chi connectivity index (χ2v) is 6.58.